The maximum Gasteiger partial charge on any atom is 0.282 e. The van der Waals surface area contributed by atoms with Gasteiger partial charge in [0, 0.05) is 11.3 Å². The van der Waals surface area contributed by atoms with Crippen molar-refractivity contribution in [2.45, 2.75) is 0 Å². The molecule has 0 aliphatic rings. The van der Waals surface area contributed by atoms with Gasteiger partial charge in [0.15, 0.2) is 0 Å². The van der Waals surface area contributed by atoms with Crippen LogP contribution in [-0.2, 0) is 0 Å². The number of nitrogens with zero attached hydrogens (tertiary/aromatic N) is 3. The van der Waals surface area contributed by atoms with Crippen LogP contribution in [0.2, 0.25) is 0 Å². The summed E-state index contributed by atoms with van der Waals surface area (Å²) in [6, 6.07) is 24.6. The smallest absolute Gasteiger partial charge is 0.282 e. The first-order valence-electron chi connectivity index (χ1n) is 8.77. The molecule has 0 aliphatic carbocycles. The predicted octanol–water partition coefficient (Wildman–Crippen LogP) is 3.84. The molecule has 4 rings (SSSR count). The number of anilines is 1. The van der Waals surface area contributed by atoms with Gasteiger partial charge in [-0.25, -0.2) is 5.43 Å². The molecule has 0 radical (unpaired) electrons. The number of hydrazone groups is 1. The van der Waals surface area contributed by atoms with E-state index in [-0.39, 0.29) is 5.56 Å². The van der Waals surface area contributed by atoms with Crippen LogP contribution in [0.15, 0.2) is 88.8 Å². The molecule has 28 heavy (non-hydrogen) atoms. The third-order valence-electron chi connectivity index (χ3n) is 4.32. The summed E-state index contributed by atoms with van der Waals surface area (Å²) in [7, 11) is 1.61. The fourth-order valence-corrected chi connectivity index (χ4v) is 3.02. The van der Waals surface area contributed by atoms with E-state index in [1.54, 1.807) is 19.4 Å². The third-order valence-corrected chi connectivity index (χ3v) is 4.32. The Morgan fingerprint density at radius 1 is 0.964 bits per heavy atom. The van der Waals surface area contributed by atoms with Crippen molar-refractivity contribution in [1.29, 1.82) is 0 Å². The van der Waals surface area contributed by atoms with Crippen molar-refractivity contribution in [3.8, 4) is 11.4 Å². The van der Waals surface area contributed by atoms with Crippen LogP contribution < -0.4 is 15.7 Å². The molecule has 0 amide bonds. The molecule has 0 bridgehead atoms. The Morgan fingerprint density at radius 3 is 2.50 bits per heavy atom. The zero-order valence-corrected chi connectivity index (χ0v) is 15.2. The van der Waals surface area contributed by atoms with E-state index in [0.29, 0.717) is 17.1 Å². The average molecular weight is 370 g/mol. The van der Waals surface area contributed by atoms with Crippen molar-refractivity contribution in [1.82, 2.24) is 9.55 Å². The Hall–Kier alpha value is -3.93. The average Bonchev–Trinajstić information content (AvgIpc) is 2.75. The van der Waals surface area contributed by atoms with Crippen LogP contribution in [0, 0.1) is 0 Å². The molecule has 0 fully saturated rings. The Balaban J connectivity index is 1.81. The molecular weight excluding hydrogens is 352 g/mol. The summed E-state index contributed by atoms with van der Waals surface area (Å²) in [6.45, 7) is 0. The van der Waals surface area contributed by atoms with Crippen molar-refractivity contribution in [2.75, 3.05) is 12.5 Å². The van der Waals surface area contributed by atoms with Crippen LogP contribution >= 0.6 is 0 Å². The van der Waals surface area contributed by atoms with Crippen LogP contribution in [0.1, 0.15) is 5.56 Å². The molecule has 0 atom stereocenters. The lowest BCUT2D eigenvalue weighted by Crippen LogP contribution is -2.17. The van der Waals surface area contributed by atoms with Gasteiger partial charge in [-0.05, 0) is 36.4 Å². The molecule has 1 aromatic heterocycles. The van der Waals surface area contributed by atoms with Gasteiger partial charge >= 0.3 is 0 Å². The molecule has 3 aromatic carbocycles. The molecule has 4 aromatic rings. The molecular formula is C22H18N4O2. The van der Waals surface area contributed by atoms with Crippen LogP contribution in [0.5, 0.6) is 5.75 Å². The molecule has 0 aliphatic heterocycles. The first-order chi connectivity index (χ1) is 13.8. The second-order valence-corrected chi connectivity index (χ2v) is 6.04. The van der Waals surface area contributed by atoms with Crippen molar-refractivity contribution in [3.63, 3.8) is 0 Å². The zero-order chi connectivity index (χ0) is 19.3. The fourth-order valence-electron chi connectivity index (χ4n) is 3.02. The van der Waals surface area contributed by atoms with Gasteiger partial charge in [-0.15, -0.1) is 0 Å². The van der Waals surface area contributed by atoms with E-state index in [0.717, 1.165) is 16.8 Å². The molecule has 1 N–H and O–H groups in total. The summed E-state index contributed by atoms with van der Waals surface area (Å²) in [5.41, 5.74) is 5.04. The van der Waals surface area contributed by atoms with Crippen molar-refractivity contribution >= 4 is 23.1 Å². The predicted molar refractivity (Wildman–Crippen MR) is 112 cm³/mol. The highest BCUT2D eigenvalue weighted by molar-refractivity contribution is 5.84. The number of methoxy groups -OCH3 is 1. The molecule has 0 saturated carbocycles. The van der Waals surface area contributed by atoms with Crippen molar-refractivity contribution in [3.05, 3.63) is 94.8 Å². The van der Waals surface area contributed by atoms with Gasteiger partial charge in [0.1, 0.15) is 5.75 Å². The van der Waals surface area contributed by atoms with E-state index in [2.05, 4.69) is 15.5 Å². The summed E-state index contributed by atoms with van der Waals surface area (Å²) in [6.07, 6.45) is 1.63. The minimum atomic E-state index is -0.308. The van der Waals surface area contributed by atoms with Crippen LogP contribution in [0.3, 0.4) is 0 Å². The van der Waals surface area contributed by atoms with Crippen LogP contribution in [-0.4, -0.2) is 22.9 Å². The van der Waals surface area contributed by atoms with Crippen molar-refractivity contribution in [2.24, 2.45) is 5.10 Å². The SMILES string of the molecule is COc1ccccc1/C=N\Nc1nc(=O)c2ccccc2n1-c1ccccc1. The second-order valence-electron chi connectivity index (χ2n) is 6.04. The van der Waals surface area contributed by atoms with Gasteiger partial charge in [-0.3, -0.25) is 9.36 Å². The second kappa shape index (κ2) is 7.75. The summed E-state index contributed by atoms with van der Waals surface area (Å²) in [5, 5.41) is 4.82. The number of nitrogens with one attached hydrogen (secondary N) is 1. The van der Waals surface area contributed by atoms with Gasteiger partial charge in [-0.2, -0.15) is 10.1 Å². The lowest BCUT2D eigenvalue weighted by Gasteiger charge is -2.15. The minimum Gasteiger partial charge on any atom is -0.496 e. The first-order valence-corrected chi connectivity index (χ1v) is 8.77. The maximum absolute atomic E-state index is 12.5. The lowest BCUT2D eigenvalue weighted by atomic mass is 10.2. The van der Waals surface area contributed by atoms with E-state index in [1.165, 1.54) is 0 Å². The van der Waals surface area contributed by atoms with E-state index >= 15 is 0 Å². The lowest BCUT2D eigenvalue weighted by molar-refractivity contribution is 0.414. The first kappa shape index (κ1) is 17.5. The fraction of sp³-hybridized carbons (Fsp3) is 0.0455. The highest BCUT2D eigenvalue weighted by Gasteiger charge is 2.11. The van der Waals surface area contributed by atoms with E-state index in [4.69, 9.17) is 4.74 Å². The minimum absolute atomic E-state index is 0.308. The molecule has 6 heteroatoms. The Bertz CT molecular complexity index is 1200. The number of aromatic nitrogens is 2. The zero-order valence-electron chi connectivity index (χ0n) is 15.2. The normalized spacial score (nSPS) is 11.0. The number of rotatable bonds is 5. The monoisotopic (exact) mass is 370 g/mol. The highest BCUT2D eigenvalue weighted by Crippen LogP contribution is 2.21. The molecule has 0 saturated heterocycles. The van der Waals surface area contributed by atoms with Gasteiger partial charge in [0.25, 0.3) is 5.56 Å². The van der Waals surface area contributed by atoms with Crippen LogP contribution in [0.4, 0.5) is 5.95 Å². The quantitative estimate of drug-likeness (QED) is 0.428. The third kappa shape index (κ3) is 3.35. The molecule has 138 valence electrons. The summed E-state index contributed by atoms with van der Waals surface area (Å²) in [5.74, 6) is 1.04. The number of fused-ring (bicyclic) bond motifs is 1. The Morgan fingerprint density at radius 2 is 1.68 bits per heavy atom. The summed E-state index contributed by atoms with van der Waals surface area (Å²) >= 11 is 0. The van der Waals surface area contributed by atoms with E-state index in [1.807, 2.05) is 77.4 Å². The van der Waals surface area contributed by atoms with Gasteiger partial charge in [-0.1, -0.05) is 42.5 Å². The van der Waals surface area contributed by atoms with Gasteiger partial charge in [0.2, 0.25) is 5.95 Å². The molecule has 1 heterocycles. The number of benzene rings is 3. The summed E-state index contributed by atoms with van der Waals surface area (Å²) < 4.78 is 7.20. The van der Waals surface area contributed by atoms with E-state index < -0.39 is 0 Å². The van der Waals surface area contributed by atoms with Gasteiger partial charge in [0.05, 0.1) is 24.2 Å². The van der Waals surface area contributed by atoms with Crippen LogP contribution in [0.25, 0.3) is 16.6 Å². The number of hydrogen-bond acceptors (Lipinski definition) is 5. The van der Waals surface area contributed by atoms with Crippen molar-refractivity contribution < 1.29 is 4.74 Å². The largest absolute Gasteiger partial charge is 0.496 e. The Kier molecular flexibility index (Phi) is 4.84. The topological polar surface area (TPSA) is 68.5 Å². The number of hydrogen-bond donors (Lipinski definition) is 1. The summed E-state index contributed by atoms with van der Waals surface area (Å²) in [4.78, 5) is 16.7. The highest BCUT2D eigenvalue weighted by atomic mass is 16.5. The molecule has 6 nitrogen and oxygen atoms in total. The molecule has 0 spiro atoms. The maximum atomic E-state index is 12.5. The van der Waals surface area contributed by atoms with Gasteiger partial charge < -0.3 is 4.74 Å². The van der Waals surface area contributed by atoms with E-state index in [9.17, 15) is 4.79 Å². The Labute approximate surface area is 161 Å². The standard InChI is InChI=1S/C22H18N4O2/c1-28-20-14-8-5-9-16(20)15-23-25-22-24-21(27)18-12-6-7-13-19(18)26(22)17-10-3-2-4-11-17/h2-15H,1H3,(H,24,25,27)/b23-15-. The molecule has 0 unspecified atom stereocenters. The number of para-hydroxylation sites is 3. The number of ether oxygens (including phenoxy) is 1.